The Morgan fingerprint density at radius 1 is 1.12 bits per heavy atom. The van der Waals surface area contributed by atoms with E-state index in [0.717, 1.165) is 15.6 Å². The lowest BCUT2D eigenvalue weighted by Gasteiger charge is -2.15. The van der Waals surface area contributed by atoms with Crippen LogP contribution in [0.4, 0.5) is 0 Å². The van der Waals surface area contributed by atoms with Gasteiger partial charge in [0.1, 0.15) is 0 Å². The normalized spacial score (nSPS) is 10.6. The van der Waals surface area contributed by atoms with E-state index in [1.165, 1.54) is 0 Å². The van der Waals surface area contributed by atoms with E-state index in [9.17, 15) is 4.79 Å². The SMILES string of the molecule is Cc1ccc(-c2nnc(CN(C)C(=O)c3ccccc3Br)o2)cc1. The summed E-state index contributed by atoms with van der Waals surface area (Å²) in [7, 11) is 1.71. The number of halogens is 1. The molecule has 0 unspecified atom stereocenters. The zero-order chi connectivity index (χ0) is 17.1. The van der Waals surface area contributed by atoms with Gasteiger partial charge in [0.05, 0.1) is 12.1 Å². The van der Waals surface area contributed by atoms with Crippen molar-refractivity contribution in [1.29, 1.82) is 0 Å². The molecule has 0 saturated heterocycles. The van der Waals surface area contributed by atoms with E-state index in [0.29, 0.717) is 17.3 Å². The van der Waals surface area contributed by atoms with E-state index in [-0.39, 0.29) is 12.5 Å². The highest BCUT2D eigenvalue weighted by atomic mass is 79.9. The molecule has 0 aliphatic carbocycles. The second-order valence-corrected chi connectivity index (χ2v) is 6.36. The molecule has 1 heterocycles. The van der Waals surface area contributed by atoms with Crippen LogP contribution in [-0.4, -0.2) is 28.1 Å². The van der Waals surface area contributed by atoms with E-state index in [2.05, 4.69) is 26.1 Å². The average Bonchev–Trinajstić information content (AvgIpc) is 3.04. The highest BCUT2D eigenvalue weighted by Crippen LogP contribution is 2.20. The molecule has 0 aliphatic rings. The van der Waals surface area contributed by atoms with Crippen molar-refractivity contribution in [2.24, 2.45) is 0 Å². The van der Waals surface area contributed by atoms with Crippen molar-refractivity contribution in [2.75, 3.05) is 7.05 Å². The van der Waals surface area contributed by atoms with Crippen LogP contribution in [0.15, 0.2) is 57.4 Å². The minimum absolute atomic E-state index is 0.113. The van der Waals surface area contributed by atoms with E-state index >= 15 is 0 Å². The van der Waals surface area contributed by atoms with Crippen molar-refractivity contribution >= 4 is 21.8 Å². The summed E-state index contributed by atoms with van der Waals surface area (Å²) < 4.78 is 6.43. The van der Waals surface area contributed by atoms with Crippen LogP contribution in [0.25, 0.3) is 11.5 Å². The van der Waals surface area contributed by atoms with Crippen molar-refractivity contribution in [2.45, 2.75) is 13.5 Å². The molecular weight excluding hydrogens is 370 g/mol. The fourth-order valence-corrected chi connectivity index (χ4v) is 2.70. The van der Waals surface area contributed by atoms with Crippen molar-refractivity contribution < 1.29 is 9.21 Å². The molecule has 3 rings (SSSR count). The largest absolute Gasteiger partial charge is 0.419 e. The number of benzene rings is 2. The third-order valence-corrected chi connectivity index (χ3v) is 4.28. The number of aryl methyl sites for hydroxylation is 1. The number of carbonyl (C=O) groups is 1. The molecule has 6 heteroatoms. The summed E-state index contributed by atoms with van der Waals surface area (Å²) in [6.45, 7) is 2.27. The Balaban J connectivity index is 1.73. The number of hydrogen-bond acceptors (Lipinski definition) is 4. The summed E-state index contributed by atoms with van der Waals surface area (Å²) >= 11 is 3.39. The molecule has 0 N–H and O–H groups in total. The number of amides is 1. The maximum Gasteiger partial charge on any atom is 0.255 e. The molecule has 5 nitrogen and oxygen atoms in total. The van der Waals surface area contributed by atoms with Gasteiger partial charge in [0.2, 0.25) is 11.8 Å². The maximum absolute atomic E-state index is 12.5. The highest BCUT2D eigenvalue weighted by molar-refractivity contribution is 9.10. The van der Waals surface area contributed by atoms with Crippen LogP contribution in [0.1, 0.15) is 21.8 Å². The van der Waals surface area contributed by atoms with E-state index in [1.807, 2.05) is 49.4 Å². The van der Waals surface area contributed by atoms with Gasteiger partial charge >= 0.3 is 0 Å². The third-order valence-electron chi connectivity index (χ3n) is 3.59. The Morgan fingerprint density at radius 3 is 2.54 bits per heavy atom. The first-order valence-corrected chi connectivity index (χ1v) is 8.23. The molecule has 0 atom stereocenters. The molecule has 0 aliphatic heterocycles. The summed E-state index contributed by atoms with van der Waals surface area (Å²) in [5, 5.41) is 8.09. The molecule has 1 aromatic heterocycles. The number of carbonyl (C=O) groups excluding carboxylic acids is 1. The van der Waals surface area contributed by atoms with Gasteiger partial charge in [-0.15, -0.1) is 10.2 Å². The summed E-state index contributed by atoms with van der Waals surface area (Å²) in [6.07, 6.45) is 0. The van der Waals surface area contributed by atoms with Crippen molar-refractivity contribution in [1.82, 2.24) is 15.1 Å². The molecule has 1 amide bonds. The predicted octanol–water partition coefficient (Wildman–Crippen LogP) is 4.08. The second-order valence-electron chi connectivity index (χ2n) is 5.51. The lowest BCUT2D eigenvalue weighted by atomic mass is 10.1. The summed E-state index contributed by atoms with van der Waals surface area (Å²) in [6, 6.07) is 15.1. The lowest BCUT2D eigenvalue weighted by Crippen LogP contribution is -2.26. The Labute approximate surface area is 148 Å². The van der Waals surface area contributed by atoms with Crippen LogP contribution in [-0.2, 0) is 6.54 Å². The predicted molar refractivity (Wildman–Crippen MR) is 94.4 cm³/mol. The number of hydrogen-bond donors (Lipinski definition) is 0. The first-order valence-electron chi connectivity index (χ1n) is 7.44. The highest BCUT2D eigenvalue weighted by Gasteiger charge is 2.17. The van der Waals surface area contributed by atoms with Gasteiger partial charge in [-0.2, -0.15) is 0 Å². The van der Waals surface area contributed by atoms with Gasteiger partial charge in [-0.1, -0.05) is 29.8 Å². The number of nitrogens with zero attached hydrogens (tertiary/aromatic N) is 3. The van der Waals surface area contributed by atoms with Gasteiger partial charge in [0, 0.05) is 17.1 Å². The Kier molecular flexibility index (Phi) is 4.76. The molecule has 0 spiro atoms. The Bertz CT molecular complexity index is 859. The Hall–Kier alpha value is -2.47. The smallest absolute Gasteiger partial charge is 0.255 e. The van der Waals surface area contributed by atoms with Gasteiger partial charge in [-0.3, -0.25) is 4.79 Å². The zero-order valence-corrected chi connectivity index (χ0v) is 14.9. The van der Waals surface area contributed by atoms with Crippen molar-refractivity contribution in [3.05, 3.63) is 70.0 Å². The van der Waals surface area contributed by atoms with Crippen LogP contribution in [0.2, 0.25) is 0 Å². The minimum atomic E-state index is -0.113. The molecule has 0 fully saturated rings. The van der Waals surface area contributed by atoms with E-state index in [1.54, 1.807) is 18.0 Å². The molecule has 0 bridgehead atoms. The van der Waals surface area contributed by atoms with Crippen LogP contribution >= 0.6 is 15.9 Å². The lowest BCUT2D eigenvalue weighted by molar-refractivity contribution is 0.0772. The third kappa shape index (κ3) is 3.54. The van der Waals surface area contributed by atoms with E-state index in [4.69, 9.17) is 4.42 Å². The summed E-state index contributed by atoms with van der Waals surface area (Å²) in [5.41, 5.74) is 2.62. The summed E-state index contributed by atoms with van der Waals surface area (Å²) in [4.78, 5) is 14.0. The molecule has 3 aromatic rings. The van der Waals surface area contributed by atoms with Crippen LogP contribution in [0.5, 0.6) is 0 Å². The molecule has 0 saturated carbocycles. The van der Waals surface area contributed by atoms with Crippen LogP contribution in [0.3, 0.4) is 0 Å². The maximum atomic E-state index is 12.5. The fourth-order valence-electron chi connectivity index (χ4n) is 2.25. The second kappa shape index (κ2) is 6.97. The standard InChI is InChI=1S/C18H16BrN3O2/c1-12-7-9-13(10-8-12)17-21-20-16(24-17)11-22(2)18(23)14-5-3-4-6-15(14)19/h3-10H,11H2,1-2H3. The van der Waals surface area contributed by atoms with Gasteiger partial charge in [0.15, 0.2) is 0 Å². The van der Waals surface area contributed by atoms with Gasteiger partial charge in [-0.25, -0.2) is 0 Å². The van der Waals surface area contributed by atoms with Crippen molar-refractivity contribution in [3.63, 3.8) is 0 Å². The molecular formula is C18H16BrN3O2. The minimum Gasteiger partial charge on any atom is -0.419 e. The Morgan fingerprint density at radius 2 is 1.83 bits per heavy atom. The van der Waals surface area contributed by atoms with Crippen LogP contribution in [0, 0.1) is 6.92 Å². The first-order chi connectivity index (χ1) is 11.5. The quantitative estimate of drug-likeness (QED) is 0.678. The van der Waals surface area contributed by atoms with Gasteiger partial charge in [0.25, 0.3) is 5.91 Å². The average molecular weight is 386 g/mol. The molecule has 24 heavy (non-hydrogen) atoms. The monoisotopic (exact) mass is 385 g/mol. The topological polar surface area (TPSA) is 59.2 Å². The van der Waals surface area contributed by atoms with E-state index < -0.39 is 0 Å². The number of rotatable bonds is 4. The molecule has 2 aromatic carbocycles. The van der Waals surface area contributed by atoms with Crippen molar-refractivity contribution in [3.8, 4) is 11.5 Å². The number of aromatic nitrogens is 2. The van der Waals surface area contributed by atoms with Gasteiger partial charge < -0.3 is 9.32 Å². The van der Waals surface area contributed by atoms with Crippen LogP contribution < -0.4 is 0 Å². The fraction of sp³-hybridized carbons (Fsp3) is 0.167. The zero-order valence-electron chi connectivity index (χ0n) is 13.4. The molecule has 122 valence electrons. The molecule has 0 radical (unpaired) electrons. The summed E-state index contributed by atoms with van der Waals surface area (Å²) in [5.74, 6) is 0.734. The van der Waals surface area contributed by atoms with Gasteiger partial charge in [-0.05, 0) is 47.1 Å². The first kappa shape index (κ1) is 16.4.